The summed E-state index contributed by atoms with van der Waals surface area (Å²) < 4.78 is 0. The Morgan fingerprint density at radius 1 is 1.43 bits per heavy atom. The van der Waals surface area contributed by atoms with Crippen molar-refractivity contribution in [1.82, 2.24) is 0 Å². The molecule has 0 radical (unpaired) electrons. The van der Waals surface area contributed by atoms with E-state index in [0.717, 1.165) is 17.5 Å². The van der Waals surface area contributed by atoms with Crippen LogP contribution in [-0.2, 0) is 12.1 Å². The lowest BCUT2D eigenvalue weighted by molar-refractivity contribution is 0.277. The van der Waals surface area contributed by atoms with Crippen molar-refractivity contribution in [2.45, 2.75) is 32.4 Å². The summed E-state index contributed by atoms with van der Waals surface area (Å²) in [6, 6.07) is 5.48. The number of aliphatic hydroxyl groups excluding tert-OH is 1. The minimum absolute atomic E-state index is 0.0207. The highest BCUT2D eigenvalue weighted by Gasteiger charge is 2.21. The van der Waals surface area contributed by atoms with E-state index in [1.54, 1.807) is 6.07 Å². The summed E-state index contributed by atoms with van der Waals surface area (Å²) in [6.45, 7) is 3.96. The van der Waals surface area contributed by atoms with Crippen molar-refractivity contribution in [3.63, 3.8) is 0 Å². The van der Waals surface area contributed by atoms with Crippen molar-refractivity contribution in [2.24, 2.45) is 5.73 Å². The smallest absolute Gasteiger partial charge is 0.0685 e. The highest BCUT2D eigenvalue weighted by Crippen LogP contribution is 2.26. The van der Waals surface area contributed by atoms with Crippen molar-refractivity contribution in [1.29, 1.82) is 0 Å². The fourth-order valence-electron chi connectivity index (χ4n) is 1.49. The fourth-order valence-corrected chi connectivity index (χ4v) is 1.49. The van der Waals surface area contributed by atoms with Crippen molar-refractivity contribution in [2.75, 3.05) is 5.73 Å². The van der Waals surface area contributed by atoms with Crippen LogP contribution in [0.3, 0.4) is 0 Å². The number of hydrogen-bond donors (Lipinski definition) is 3. The zero-order valence-electron chi connectivity index (χ0n) is 8.75. The first-order valence-corrected chi connectivity index (χ1v) is 4.80. The Morgan fingerprint density at radius 3 is 2.57 bits per heavy atom. The minimum Gasteiger partial charge on any atom is -0.399 e. The average Bonchev–Trinajstić information content (AvgIpc) is 2.17. The van der Waals surface area contributed by atoms with E-state index in [4.69, 9.17) is 11.5 Å². The van der Waals surface area contributed by atoms with Gasteiger partial charge in [-0.3, -0.25) is 0 Å². The molecule has 0 heterocycles. The van der Waals surface area contributed by atoms with Crippen LogP contribution in [0.15, 0.2) is 18.2 Å². The fraction of sp³-hybridized carbons (Fsp3) is 0.455. The van der Waals surface area contributed by atoms with E-state index in [-0.39, 0.29) is 6.61 Å². The Balaban J connectivity index is 3.20. The normalized spacial score (nSPS) is 15.1. The van der Waals surface area contributed by atoms with Crippen LogP contribution in [0, 0.1) is 0 Å². The predicted octanol–water partition coefficient (Wildman–Crippen LogP) is 1.35. The average molecular weight is 194 g/mol. The third kappa shape index (κ3) is 2.05. The molecule has 1 aromatic carbocycles. The van der Waals surface area contributed by atoms with Gasteiger partial charge in [-0.25, -0.2) is 0 Å². The number of aliphatic hydroxyl groups is 1. The SMILES string of the molecule is CCC(C)(N)c1ccc(N)cc1CO. The summed E-state index contributed by atoms with van der Waals surface area (Å²) in [7, 11) is 0. The standard InChI is InChI=1S/C11H18N2O/c1-3-11(2,13)10-5-4-9(12)6-8(10)7-14/h4-6,14H,3,7,12-13H2,1-2H3. The number of hydrogen-bond acceptors (Lipinski definition) is 3. The Hall–Kier alpha value is -1.06. The lowest BCUT2D eigenvalue weighted by Gasteiger charge is -2.26. The molecule has 3 heteroatoms. The van der Waals surface area contributed by atoms with Crippen LogP contribution in [0.5, 0.6) is 0 Å². The molecule has 78 valence electrons. The molecule has 14 heavy (non-hydrogen) atoms. The van der Waals surface area contributed by atoms with Crippen molar-refractivity contribution < 1.29 is 5.11 Å². The number of anilines is 1. The van der Waals surface area contributed by atoms with Gasteiger partial charge in [-0.1, -0.05) is 13.0 Å². The first-order valence-electron chi connectivity index (χ1n) is 4.80. The van der Waals surface area contributed by atoms with E-state index < -0.39 is 5.54 Å². The molecule has 5 N–H and O–H groups in total. The summed E-state index contributed by atoms with van der Waals surface area (Å²) in [6.07, 6.45) is 0.823. The predicted molar refractivity (Wildman–Crippen MR) is 58.6 cm³/mol. The lowest BCUT2D eigenvalue weighted by atomic mass is 9.87. The van der Waals surface area contributed by atoms with E-state index >= 15 is 0 Å². The molecule has 0 aliphatic rings. The first-order chi connectivity index (χ1) is 6.51. The Kier molecular flexibility index (Phi) is 3.13. The molecule has 1 aromatic rings. The van der Waals surface area contributed by atoms with E-state index in [2.05, 4.69) is 0 Å². The van der Waals surface area contributed by atoms with Crippen LogP contribution in [0.2, 0.25) is 0 Å². The van der Waals surface area contributed by atoms with Crippen molar-refractivity contribution >= 4 is 5.69 Å². The Labute approximate surface area is 84.7 Å². The van der Waals surface area contributed by atoms with Crippen LogP contribution in [0.1, 0.15) is 31.4 Å². The van der Waals surface area contributed by atoms with Crippen LogP contribution in [0.25, 0.3) is 0 Å². The van der Waals surface area contributed by atoms with Gasteiger partial charge in [0.05, 0.1) is 6.61 Å². The number of benzene rings is 1. The summed E-state index contributed by atoms with van der Waals surface area (Å²) >= 11 is 0. The van der Waals surface area contributed by atoms with Gasteiger partial charge in [-0.15, -0.1) is 0 Å². The highest BCUT2D eigenvalue weighted by molar-refractivity contribution is 5.46. The molecule has 0 aliphatic heterocycles. The van der Waals surface area contributed by atoms with Gasteiger partial charge in [0.15, 0.2) is 0 Å². The van der Waals surface area contributed by atoms with E-state index in [1.165, 1.54) is 0 Å². The van der Waals surface area contributed by atoms with Gasteiger partial charge in [0.2, 0.25) is 0 Å². The molecule has 0 fully saturated rings. The monoisotopic (exact) mass is 194 g/mol. The van der Waals surface area contributed by atoms with Gasteiger partial charge in [-0.2, -0.15) is 0 Å². The van der Waals surface area contributed by atoms with Crippen LogP contribution in [0.4, 0.5) is 5.69 Å². The quantitative estimate of drug-likeness (QED) is 0.636. The summed E-state index contributed by atoms with van der Waals surface area (Å²) in [5.41, 5.74) is 13.8. The van der Waals surface area contributed by atoms with E-state index in [0.29, 0.717) is 5.69 Å². The highest BCUT2D eigenvalue weighted by atomic mass is 16.3. The van der Waals surface area contributed by atoms with Gasteiger partial charge < -0.3 is 16.6 Å². The zero-order valence-corrected chi connectivity index (χ0v) is 8.75. The van der Waals surface area contributed by atoms with Gasteiger partial charge >= 0.3 is 0 Å². The second-order valence-electron chi connectivity index (χ2n) is 3.85. The molecule has 3 nitrogen and oxygen atoms in total. The second-order valence-corrected chi connectivity index (χ2v) is 3.85. The molecule has 1 atom stereocenters. The topological polar surface area (TPSA) is 72.3 Å². The molecule has 0 aliphatic carbocycles. The van der Waals surface area contributed by atoms with Gasteiger partial charge in [0, 0.05) is 11.2 Å². The third-order valence-corrected chi connectivity index (χ3v) is 2.65. The molecule has 0 saturated carbocycles. The third-order valence-electron chi connectivity index (χ3n) is 2.65. The molecule has 1 rings (SSSR count). The molecule has 0 bridgehead atoms. The van der Waals surface area contributed by atoms with Gasteiger partial charge in [0.1, 0.15) is 0 Å². The second kappa shape index (κ2) is 3.98. The first kappa shape index (κ1) is 11.0. The molecule has 0 aromatic heterocycles. The molecular formula is C11H18N2O. The zero-order chi connectivity index (χ0) is 10.8. The van der Waals surface area contributed by atoms with Gasteiger partial charge in [-0.05, 0) is 36.6 Å². The lowest BCUT2D eigenvalue weighted by Crippen LogP contribution is -2.33. The summed E-state index contributed by atoms with van der Waals surface area (Å²) in [5, 5.41) is 9.19. The van der Waals surface area contributed by atoms with Crippen molar-refractivity contribution in [3.8, 4) is 0 Å². The Bertz CT molecular complexity index is 321. The van der Waals surface area contributed by atoms with E-state index in [1.807, 2.05) is 26.0 Å². The number of nitrogens with two attached hydrogens (primary N) is 2. The molecule has 0 saturated heterocycles. The van der Waals surface area contributed by atoms with Crippen LogP contribution < -0.4 is 11.5 Å². The van der Waals surface area contributed by atoms with E-state index in [9.17, 15) is 5.11 Å². The molecule has 0 spiro atoms. The van der Waals surface area contributed by atoms with Crippen molar-refractivity contribution in [3.05, 3.63) is 29.3 Å². The Morgan fingerprint density at radius 2 is 2.07 bits per heavy atom. The number of nitrogen functional groups attached to an aromatic ring is 1. The molecular weight excluding hydrogens is 176 g/mol. The maximum atomic E-state index is 9.19. The van der Waals surface area contributed by atoms with Gasteiger partial charge in [0.25, 0.3) is 0 Å². The maximum absolute atomic E-state index is 9.19. The number of rotatable bonds is 3. The molecule has 1 unspecified atom stereocenters. The summed E-state index contributed by atoms with van der Waals surface area (Å²) in [5.74, 6) is 0. The maximum Gasteiger partial charge on any atom is 0.0685 e. The summed E-state index contributed by atoms with van der Waals surface area (Å²) in [4.78, 5) is 0. The minimum atomic E-state index is -0.397. The molecule has 0 amide bonds. The van der Waals surface area contributed by atoms with Crippen LogP contribution in [-0.4, -0.2) is 5.11 Å². The van der Waals surface area contributed by atoms with Crippen LogP contribution >= 0.6 is 0 Å². The largest absolute Gasteiger partial charge is 0.399 e.